The van der Waals surface area contributed by atoms with Crippen LogP contribution in [0.4, 0.5) is 5.69 Å². The second-order valence-electron chi connectivity index (χ2n) is 5.70. The van der Waals surface area contributed by atoms with E-state index in [1.165, 1.54) is 25.7 Å². The van der Waals surface area contributed by atoms with Crippen LogP contribution < -0.4 is 10.5 Å². The van der Waals surface area contributed by atoms with E-state index in [0.29, 0.717) is 12.6 Å². The van der Waals surface area contributed by atoms with Crippen molar-refractivity contribution < 1.29 is 4.74 Å². The Kier molecular flexibility index (Phi) is 5.08. The first-order chi connectivity index (χ1) is 9.18. The third-order valence-electron chi connectivity index (χ3n) is 4.25. The third kappa shape index (κ3) is 3.87. The summed E-state index contributed by atoms with van der Waals surface area (Å²) in [5.41, 5.74) is 6.58. The summed E-state index contributed by atoms with van der Waals surface area (Å²) in [4.78, 5) is 2.45. The fourth-order valence-corrected chi connectivity index (χ4v) is 3.03. The molecule has 1 aliphatic carbocycles. The van der Waals surface area contributed by atoms with E-state index in [0.717, 1.165) is 23.9 Å². The minimum atomic E-state index is 0.702. The van der Waals surface area contributed by atoms with Crippen LogP contribution in [0, 0.1) is 5.92 Å². The molecule has 106 valence electrons. The van der Waals surface area contributed by atoms with Gasteiger partial charge in [0.05, 0.1) is 5.69 Å². The lowest BCUT2D eigenvalue weighted by Gasteiger charge is -2.36. The molecule has 2 unspecified atom stereocenters. The number of nitrogens with zero attached hydrogens (tertiary/aromatic N) is 1. The highest BCUT2D eigenvalue weighted by atomic mass is 16.5. The van der Waals surface area contributed by atoms with Crippen LogP contribution in [0.5, 0.6) is 5.75 Å². The van der Waals surface area contributed by atoms with E-state index in [1.54, 1.807) is 0 Å². The molecule has 3 nitrogen and oxygen atoms in total. The molecule has 0 bridgehead atoms. The maximum Gasteiger partial charge on any atom is 0.142 e. The Bertz CT molecular complexity index is 394. The molecule has 0 spiro atoms. The molecule has 19 heavy (non-hydrogen) atoms. The Morgan fingerprint density at radius 2 is 2.00 bits per heavy atom. The van der Waals surface area contributed by atoms with Crippen molar-refractivity contribution in [1.82, 2.24) is 4.90 Å². The van der Waals surface area contributed by atoms with Crippen LogP contribution in [0.1, 0.15) is 32.6 Å². The number of benzene rings is 1. The first-order valence-electron chi connectivity index (χ1n) is 7.36. The Labute approximate surface area is 116 Å². The molecule has 0 radical (unpaired) electrons. The highest BCUT2D eigenvalue weighted by Crippen LogP contribution is 2.27. The SMILES string of the molecule is CC1CCCCC1N(C)CCOc1ccccc1N. The molecule has 0 aliphatic heterocycles. The molecule has 3 heteroatoms. The summed E-state index contributed by atoms with van der Waals surface area (Å²) in [5.74, 6) is 1.60. The van der Waals surface area contributed by atoms with Crippen molar-refractivity contribution in [3.63, 3.8) is 0 Å². The van der Waals surface area contributed by atoms with Crippen LogP contribution >= 0.6 is 0 Å². The van der Waals surface area contributed by atoms with Crippen molar-refractivity contribution in [2.75, 3.05) is 25.9 Å². The number of hydrogen-bond donors (Lipinski definition) is 1. The fourth-order valence-electron chi connectivity index (χ4n) is 3.03. The molecular formula is C16H26N2O. The van der Waals surface area contributed by atoms with Crippen molar-refractivity contribution in [2.45, 2.75) is 38.6 Å². The van der Waals surface area contributed by atoms with Gasteiger partial charge in [0.2, 0.25) is 0 Å². The lowest BCUT2D eigenvalue weighted by molar-refractivity contribution is 0.120. The number of likely N-dealkylation sites (N-methyl/N-ethyl adjacent to an activating group) is 1. The summed E-state index contributed by atoms with van der Waals surface area (Å²) in [6.45, 7) is 4.04. The van der Waals surface area contributed by atoms with Gasteiger partial charge in [-0.05, 0) is 37.9 Å². The summed E-state index contributed by atoms with van der Waals surface area (Å²) in [7, 11) is 2.21. The van der Waals surface area contributed by atoms with E-state index in [2.05, 4.69) is 18.9 Å². The zero-order chi connectivity index (χ0) is 13.7. The molecule has 1 aromatic carbocycles. The maximum absolute atomic E-state index is 5.86. The molecule has 2 atom stereocenters. The molecule has 1 aliphatic rings. The zero-order valence-electron chi connectivity index (χ0n) is 12.1. The number of para-hydroxylation sites is 2. The van der Waals surface area contributed by atoms with Crippen molar-refractivity contribution in [3.8, 4) is 5.75 Å². The van der Waals surface area contributed by atoms with Crippen LogP contribution in [-0.4, -0.2) is 31.1 Å². The topological polar surface area (TPSA) is 38.5 Å². The number of nitrogen functional groups attached to an aromatic ring is 1. The maximum atomic E-state index is 5.86. The molecule has 0 heterocycles. The number of hydrogen-bond acceptors (Lipinski definition) is 3. The van der Waals surface area contributed by atoms with E-state index < -0.39 is 0 Å². The number of ether oxygens (including phenoxy) is 1. The molecular weight excluding hydrogens is 236 g/mol. The second kappa shape index (κ2) is 6.80. The van der Waals surface area contributed by atoms with Gasteiger partial charge in [-0.15, -0.1) is 0 Å². The van der Waals surface area contributed by atoms with E-state index in [9.17, 15) is 0 Å². The fraction of sp³-hybridized carbons (Fsp3) is 0.625. The van der Waals surface area contributed by atoms with Gasteiger partial charge in [-0.25, -0.2) is 0 Å². The van der Waals surface area contributed by atoms with Gasteiger partial charge in [-0.1, -0.05) is 31.9 Å². The minimum Gasteiger partial charge on any atom is -0.490 e. The number of anilines is 1. The van der Waals surface area contributed by atoms with Gasteiger partial charge in [-0.2, -0.15) is 0 Å². The zero-order valence-corrected chi connectivity index (χ0v) is 12.1. The van der Waals surface area contributed by atoms with Crippen LogP contribution in [0.3, 0.4) is 0 Å². The first-order valence-corrected chi connectivity index (χ1v) is 7.36. The molecule has 1 saturated carbocycles. The molecule has 2 rings (SSSR count). The van der Waals surface area contributed by atoms with Gasteiger partial charge in [0.15, 0.2) is 0 Å². The summed E-state index contributed by atoms with van der Waals surface area (Å²) in [6, 6.07) is 8.41. The molecule has 2 N–H and O–H groups in total. The van der Waals surface area contributed by atoms with Gasteiger partial charge in [0, 0.05) is 12.6 Å². The lowest BCUT2D eigenvalue weighted by atomic mass is 9.85. The van der Waals surface area contributed by atoms with E-state index in [-0.39, 0.29) is 0 Å². The summed E-state index contributed by atoms with van der Waals surface area (Å²) in [6.07, 6.45) is 5.45. The van der Waals surface area contributed by atoms with E-state index in [4.69, 9.17) is 10.5 Å². The van der Waals surface area contributed by atoms with Crippen molar-refractivity contribution in [2.24, 2.45) is 5.92 Å². The van der Waals surface area contributed by atoms with Crippen LogP contribution in [-0.2, 0) is 0 Å². The van der Waals surface area contributed by atoms with Gasteiger partial charge >= 0.3 is 0 Å². The molecule has 1 aromatic rings. The highest BCUT2D eigenvalue weighted by Gasteiger charge is 2.24. The highest BCUT2D eigenvalue weighted by molar-refractivity contribution is 5.51. The van der Waals surface area contributed by atoms with Crippen LogP contribution in [0.2, 0.25) is 0 Å². The number of rotatable bonds is 5. The van der Waals surface area contributed by atoms with E-state index in [1.807, 2.05) is 24.3 Å². The average molecular weight is 262 g/mol. The largest absolute Gasteiger partial charge is 0.490 e. The summed E-state index contributed by atoms with van der Waals surface area (Å²) >= 11 is 0. The van der Waals surface area contributed by atoms with Gasteiger partial charge in [0.1, 0.15) is 12.4 Å². The molecule has 1 fully saturated rings. The minimum absolute atomic E-state index is 0.702. The normalized spacial score (nSPS) is 23.5. The third-order valence-corrected chi connectivity index (χ3v) is 4.25. The van der Waals surface area contributed by atoms with Gasteiger partial charge in [-0.3, -0.25) is 4.90 Å². The monoisotopic (exact) mass is 262 g/mol. The average Bonchev–Trinajstić information content (AvgIpc) is 2.41. The Balaban J connectivity index is 1.77. The van der Waals surface area contributed by atoms with Gasteiger partial charge in [0.25, 0.3) is 0 Å². The van der Waals surface area contributed by atoms with Crippen LogP contribution in [0.15, 0.2) is 24.3 Å². The van der Waals surface area contributed by atoms with Crippen molar-refractivity contribution >= 4 is 5.69 Å². The molecule has 0 saturated heterocycles. The van der Waals surface area contributed by atoms with E-state index >= 15 is 0 Å². The second-order valence-corrected chi connectivity index (χ2v) is 5.70. The molecule has 0 amide bonds. The van der Waals surface area contributed by atoms with Crippen LogP contribution in [0.25, 0.3) is 0 Å². The van der Waals surface area contributed by atoms with Gasteiger partial charge < -0.3 is 10.5 Å². The Hall–Kier alpha value is -1.22. The first kappa shape index (κ1) is 14.2. The smallest absolute Gasteiger partial charge is 0.142 e. The Morgan fingerprint density at radius 3 is 2.74 bits per heavy atom. The molecule has 0 aromatic heterocycles. The lowest BCUT2D eigenvalue weighted by Crippen LogP contribution is -2.40. The predicted octanol–water partition coefficient (Wildman–Crippen LogP) is 3.16. The summed E-state index contributed by atoms with van der Waals surface area (Å²) in [5, 5.41) is 0. The van der Waals surface area contributed by atoms with Crippen molar-refractivity contribution in [3.05, 3.63) is 24.3 Å². The summed E-state index contributed by atoms with van der Waals surface area (Å²) < 4.78 is 5.77. The quantitative estimate of drug-likeness (QED) is 0.828. The van der Waals surface area contributed by atoms with Crippen molar-refractivity contribution in [1.29, 1.82) is 0 Å². The standard InChI is InChI=1S/C16H26N2O/c1-13-7-3-5-9-15(13)18(2)11-12-19-16-10-6-4-8-14(16)17/h4,6,8,10,13,15H,3,5,7,9,11-12,17H2,1-2H3. The predicted molar refractivity (Wildman–Crippen MR) is 80.4 cm³/mol. The Morgan fingerprint density at radius 1 is 1.26 bits per heavy atom. The number of nitrogens with two attached hydrogens (primary N) is 1.